The molecule has 0 saturated heterocycles. The number of rotatable bonds is 9. The molecule has 0 aliphatic heterocycles. The number of anilines is 1. The summed E-state index contributed by atoms with van der Waals surface area (Å²) in [6.07, 6.45) is 0. The maximum absolute atomic E-state index is 14.1. The molecule has 0 spiro atoms. The molecular formula is C30H34Cl3N3O4S. The molecule has 1 N–H and O–H groups in total. The summed E-state index contributed by atoms with van der Waals surface area (Å²) in [5, 5.41) is 4.01. The monoisotopic (exact) mass is 637 g/mol. The summed E-state index contributed by atoms with van der Waals surface area (Å²) in [6, 6.07) is 14.8. The quantitative estimate of drug-likeness (QED) is 0.280. The van der Waals surface area contributed by atoms with Gasteiger partial charge in [-0.2, -0.15) is 0 Å². The highest BCUT2D eigenvalue weighted by atomic mass is 35.5. The predicted molar refractivity (Wildman–Crippen MR) is 166 cm³/mol. The Kier molecular flexibility index (Phi) is 10.4. The first kappa shape index (κ1) is 32.7. The van der Waals surface area contributed by atoms with Gasteiger partial charge in [-0.3, -0.25) is 13.9 Å². The molecule has 0 radical (unpaired) electrons. The van der Waals surface area contributed by atoms with Crippen LogP contribution >= 0.6 is 34.8 Å². The fraction of sp³-hybridized carbons (Fsp3) is 0.333. The van der Waals surface area contributed by atoms with Crippen LogP contribution in [-0.4, -0.2) is 43.3 Å². The van der Waals surface area contributed by atoms with E-state index in [0.717, 1.165) is 15.4 Å². The number of nitrogens with zero attached hydrogens (tertiary/aromatic N) is 2. The number of aryl methyl sites for hydroxylation is 2. The van der Waals surface area contributed by atoms with Gasteiger partial charge in [0, 0.05) is 27.2 Å². The number of carbonyl (C=O) groups excluding carboxylic acids is 2. The van der Waals surface area contributed by atoms with Gasteiger partial charge in [-0.15, -0.1) is 0 Å². The van der Waals surface area contributed by atoms with E-state index in [1.54, 1.807) is 43.3 Å². The third-order valence-corrected chi connectivity index (χ3v) is 9.11. The second kappa shape index (κ2) is 13.0. The van der Waals surface area contributed by atoms with Gasteiger partial charge >= 0.3 is 0 Å². The zero-order valence-electron chi connectivity index (χ0n) is 23.8. The summed E-state index contributed by atoms with van der Waals surface area (Å²) in [6.45, 7) is 10.3. The van der Waals surface area contributed by atoms with Crippen LogP contribution in [-0.2, 0) is 26.2 Å². The molecule has 2 amide bonds. The lowest BCUT2D eigenvalue weighted by Gasteiger charge is -2.33. The number of amides is 2. The van der Waals surface area contributed by atoms with E-state index >= 15 is 0 Å². The Bertz CT molecular complexity index is 1540. The fourth-order valence-electron chi connectivity index (χ4n) is 4.03. The van der Waals surface area contributed by atoms with Gasteiger partial charge in [0.05, 0.1) is 10.6 Å². The second-order valence-electron chi connectivity index (χ2n) is 10.9. The van der Waals surface area contributed by atoms with Crippen molar-refractivity contribution in [3.8, 4) is 0 Å². The molecule has 41 heavy (non-hydrogen) atoms. The first-order valence-corrected chi connectivity index (χ1v) is 15.5. The molecule has 0 aliphatic carbocycles. The van der Waals surface area contributed by atoms with Crippen molar-refractivity contribution in [3.05, 3.63) is 92.4 Å². The maximum Gasteiger partial charge on any atom is 0.264 e. The average Bonchev–Trinajstić information content (AvgIpc) is 2.87. The number of carbonyl (C=O) groups is 2. The summed E-state index contributed by atoms with van der Waals surface area (Å²) in [7, 11) is -4.21. The molecule has 220 valence electrons. The molecule has 3 rings (SSSR count). The molecule has 1 atom stereocenters. The molecule has 0 fully saturated rings. The van der Waals surface area contributed by atoms with Gasteiger partial charge in [0.25, 0.3) is 10.0 Å². The lowest BCUT2D eigenvalue weighted by molar-refractivity contribution is -0.140. The molecule has 0 aliphatic rings. The van der Waals surface area contributed by atoms with Crippen LogP contribution in [0, 0.1) is 13.8 Å². The van der Waals surface area contributed by atoms with Crippen LogP contribution in [0.15, 0.2) is 65.6 Å². The van der Waals surface area contributed by atoms with Crippen molar-refractivity contribution in [1.82, 2.24) is 10.2 Å². The van der Waals surface area contributed by atoms with Gasteiger partial charge < -0.3 is 10.2 Å². The molecule has 0 unspecified atom stereocenters. The van der Waals surface area contributed by atoms with Gasteiger partial charge in [-0.1, -0.05) is 46.9 Å². The van der Waals surface area contributed by atoms with E-state index in [9.17, 15) is 18.0 Å². The van der Waals surface area contributed by atoms with Crippen LogP contribution in [0.3, 0.4) is 0 Å². The highest BCUT2D eigenvalue weighted by Crippen LogP contribution is 2.28. The van der Waals surface area contributed by atoms with Gasteiger partial charge in [-0.25, -0.2) is 8.42 Å². The molecule has 0 aromatic heterocycles. The van der Waals surface area contributed by atoms with Crippen molar-refractivity contribution in [2.75, 3.05) is 10.8 Å². The number of nitrogens with one attached hydrogen (secondary N) is 1. The Labute approximate surface area is 257 Å². The molecular weight excluding hydrogens is 605 g/mol. The van der Waals surface area contributed by atoms with Crippen LogP contribution in [0.5, 0.6) is 0 Å². The Morgan fingerprint density at radius 3 is 2.05 bits per heavy atom. The van der Waals surface area contributed by atoms with Crippen molar-refractivity contribution in [1.29, 1.82) is 0 Å². The molecule has 11 heteroatoms. The standard InChI is InChI=1S/C30H34Cl3N3O4S/c1-19-7-12-25(15-20(19)2)36(41(39,40)26-13-10-23(31)11-14-26)18-28(37)35(21(3)29(38)34-30(4,5)6)17-22-8-9-24(32)16-27(22)33/h7-16,21H,17-18H2,1-6H3,(H,34,38)/t21-/m1/s1. The van der Waals surface area contributed by atoms with Crippen molar-refractivity contribution in [2.45, 2.75) is 64.6 Å². The summed E-state index contributed by atoms with van der Waals surface area (Å²) in [4.78, 5) is 28.6. The lowest BCUT2D eigenvalue weighted by Crippen LogP contribution is -2.54. The largest absolute Gasteiger partial charge is 0.350 e. The zero-order chi connectivity index (χ0) is 30.7. The van der Waals surface area contributed by atoms with E-state index in [2.05, 4.69) is 5.32 Å². The van der Waals surface area contributed by atoms with Crippen LogP contribution in [0.1, 0.15) is 44.4 Å². The minimum absolute atomic E-state index is 0.0289. The molecule has 0 saturated carbocycles. The van der Waals surface area contributed by atoms with Crippen LogP contribution in [0.25, 0.3) is 0 Å². The van der Waals surface area contributed by atoms with Crippen molar-refractivity contribution >= 4 is 62.3 Å². The average molecular weight is 639 g/mol. The molecule has 7 nitrogen and oxygen atoms in total. The Morgan fingerprint density at radius 2 is 1.49 bits per heavy atom. The maximum atomic E-state index is 14.1. The van der Waals surface area contributed by atoms with Gasteiger partial charge in [0.1, 0.15) is 12.6 Å². The first-order valence-electron chi connectivity index (χ1n) is 12.9. The lowest BCUT2D eigenvalue weighted by atomic mass is 10.1. The van der Waals surface area contributed by atoms with Crippen molar-refractivity contribution < 1.29 is 18.0 Å². The van der Waals surface area contributed by atoms with Gasteiger partial charge in [0.2, 0.25) is 11.8 Å². The number of hydrogen-bond donors (Lipinski definition) is 1. The third kappa shape index (κ3) is 8.38. The summed E-state index contributed by atoms with van der Waals surface area (Å²) >= 11 is 18.5. The van der Waals surface area contributed by atoms with Crippen LogP contribution < -0.4 is 9.62 Å². The smallest absolute Gasteiger partial charge is 0.264 e. The van der Waals surface area contributed by atoms with Gasteiger partial charge in [0.15, 0.2) is 0 Å². The Hall–Kier alpha value is -2.78. The number of halogens is 3. The summed E-state index contributed by atoms with van der Waals surface area (Å²) in [5.41, 5.74) is 2.14. The normalized spacial score (nSPS) is 12.5. The fourth-order valence-corrected chi connectivity index (χ4v) is 6.03. The number of hydrogen-bond acceptors (Lipinski definition) is 4. The predicted octanol–water partition coefficient (Wildman–Crippen LogP) is 6.79. The second-order valence-corrected chi connectivity index (χ2v) is 14.0. The molecule has 0 bridgehead atoms. The Balaban J connectivity index is 2.09. The SMILES string of the molecule is Cc1ccc(N(CC(=O)N(Cc2ccc(Cl)cc2Cl)[C@H](C)C(=O)NC(C)(C)C)S(=O)(=O)c2ccc(Cl)cc2)cc1C. The van der Waals surface area contributed by atoms with E-state index in [4.69, 9.17) is 34.8 Å². The highest BCUT2D eigenvalue weighted by Gasteiger charge is 2.33. The van der Waals surface area contributed by atoms with E-state index < -0.39 is 40.0 Å². The zero-order valence-corrected chi connectivity index (χ0v) is 26.9. The highest BCUT2D eigenvalue weighted by molar-refractivity contribution is 7.92. The van der Waals surface area contributed by atoms with E-state index in [1.165, 1.54) is 29.2 Å². The molecule has 3 aromatic rings. The van der Waals surface area contributed by atoms with E-state index in [-0.39, 0.29) is 11.4 Å². The van der Waals surface area contributed by atoms with Gasteiger partial charge in [-0.05, 0) is 107 Å². The first-order chi connectivity index (χ1) is 19.0. The minimum Gasteiger partial charge on any atom is -0.350 e. The summed E-state index contributed by atoms with van der Waals surface area (Å²) in [5.74, 6) is -0.988. The molecule has 3 aromatic carbocycles. The summed E-state index contributed by atoms with van der Waals surface area (Å²) < 4.78 is 28.9. The van der Waals surface area contributed by atoms with Crippen molar-refractivity contribution in [3.63, 3.8) is 0 Å². The van der Waals surface area contributed by atoms with E-state index in [0.29, 0.717) is 26.3 Å². The van der Waals surface area contributed by atoms with Crippen molar-refractivity contribution in [2.24, 2.45) is 0 Å². The Morgan fingerprint density at radius 1 is 0.878 bits per heavy atom. The number of benzene rings is 3. The minimum atomic E-state index is -4.21. The van der Waals surface area contributed by atoms with Crippen LogP contribution in [0.4, 0.5) is 5.69 Å². The van der Waals surface area contributed by atoms with E-state index in [1.807, 2.05) is 34.6 Å². The third-order valence-electron chi connectivity index (χ3n) is 6.48. The molecule has 0 heterocycles. The number of sulfonamides is 1. The topological polar surface area (TPSA) is 86.8 Å². The van der Waals surface area contributed by atoms with Crippen LogP contribution in [0.2, 0.25) is 15.1 Å².